The van der Waals surface area contributed by atoms with Crippen molar-refractivity contribution in [3.8, 4) is 0 Å². The van der Waals surface area contributed by atoms with Gasteiger partial charge in [-0.25, -0.2) is 8.42 Å². The van der Waals surface area contributed by atoms with Crippen molar-refractivity contribution >= 4 is 10.1 Å². The van der Waals surface area contributed by atoms with Crippen LogP contribution in [0, 0.1) is 0 Å². The SMILES string of the molecule is CCCCCC(O)C(CCCCC)S(=O)(=O)[O-].[Na+]. The van der Waals surface area contributed by atoms with Gasteiger partial charge in [0, 0.05) is 0 Å². The van der Waals surface area contributed by atoms with Crippen LogP contribution >= 0.6 is 0 Å². The summed E-state index contributed by atoms with van der Waals surface area (Å²) in [4.78, 5) is 0. The summed E-state index contributed by atoms with van der Waals surface area (Å²) in [5.74, 6) is 0. The summed E-state index contributed by atoms with van der Waals surface area (Å²) in [5.41, 5.74) is 0. The Bertz CT molecular complexity index is 280. The minimum atomic E-state index is -4.38. The summed E-state index contributed by atoms with van der Waals surface area (Å²) in [5, 5.41) is 8.67. The van der Waals surface area contributed by atoms with E-state index in [0.717, 1.165) is 32.1 Å². The van der Waals surface area contributed by atoms with Gasteiger partial charge in [-0.05, 0) is 12.8 Å². The van der Waals surface area contributed by atoms with E-state index < -0.39 is 21.5 Å². The molecular weight excluding hydrogens is 263 g/mol. The molecule has 1 N–H and O–H groups in total. The molecule has 104 valence electrons. The van der Waals surface area contributed by atoms with Crippen molar-refractivity contribution in [3.05, 3.63) is 0 Å². The van der Waals surface area contributed by atoms with Gasteiger partial charge in [0.15, 0.2) is 0 Å². The van der Waals surface area contributed by atoms with Gasteiger partial charge in [-0.2, -0.15) is 0 Å². The van der Waals surface area contributed by atoms with Crippen LogP contribution in [-0.2, 0) is 10.1 Å². The molecule has 0 aliphatic carbocycles. The number of aliphatic hydroxyl groups is 1. The Labute approximate surface area is 134 Å². The van der Waals surface area contributed by atoms with Gasteiger partial charge in [0.05, 0.1) is 11.4 Å². The second-order valence-electron chi connectivity index (χ2n) is 4.59. The van der Waals surface area contributed by atoms with Gasteiger partial charge in [-0.1, -0.05) is 52.4 Å². The van der Waals surface area contributed by atoms with Gasteiger partial charge < -0.3 is 9.66 Å². The molecule has 4 nitrogen and oxygen atoms in total. The van der Waals surface area contributed by atoms with Crippen LogP contribution in [-0.4, -0.2) is 29.4 Å². The molecule has 0 saturated carbocycles. The topological polar surface area (TPSA) is 77.4 Å². The van der Waals surface area contributed by atoms with Gasteiger partial charge in [0.2, 0.25) is 0 Å². The molecular formula is C12H25NaO4S. The fraction of sp³-hybridized carbons (Fsp3) is 1.00. The van der Waals surface area contributed by atoms with E-state index in [-0.39, 0.29) is 36.0 Å². The Balaban J connectivity index is 0. The van der Waals surface area contributed by atoms with E-state index in [2.05, 4.69) is 0 Å². The molecule has 2 unspecified atom stereocenters. The molecule has 0 amide bonds. The van der Waals surface area contributed by atoms with Crippen molar-refractivity contribution in [1.82, 2.24) is 0 Å². The minimum Gasteiger partial charge on any atom is -0.748 e. The molecule has 0 bridgehead atoms. The second-order valence-corrected chi connectivity index (χ2v) is 6.18. The van der Waals surface area contributed by atoms with E-state index >= 15 is 0 Å². The third-order valence-corrected chi connectivity index (χ3v) is 4.29. The summed E-state index contributed by atoms with van der Waals surface area (Å²) in [6, 6.07) is 0. The smallest absolute Gasteiger partial charge is 0.748 e. The summed E-state index contributed by atoms with van der Waals surface area (Å²) in [6.45, 7) is 4.05. The fourth-order valence-electron chi connectivity index (χ4n) is 1.91. The van der Waals surface area contributed by atoms with Crippen LogP contribution in [0.15, 0.2) is 0 Å². The molecule has 0 aliphatic heterocycles. The van der Waals surface area contributed by atoms with Crippen molar-refractivity contribution in [3.63, 3.8) is 0 Å². The molecule has 0 fully saturated rings. The molecule has 0 aliphatic rings. The summed E-state index contributed by atoms with van der Waals surface area (Å²) in [7, 11) is -4.38. The number of rotatable bonds is 10. The Morgan fingerprint density at radius 1 is 1.00 bits per heavy atom. The fourth-order valence-corrected chi connectivity index (χ4v) is 2.89. The van der Waals surface area contributed by atoms with Crippen molar-refractivity contribution in [2.75, 3.05) is 0 Å². The first-order valence-electron chi connectivity index (χ1n) is 6.56. The first-order chi connectivity index (χ1) is 7.93. The third-order valence-electron chi connectivity index (χ3n) is 3.00. The normalized spacial score (nSPS) is 14.9. The zero-order chi connectivity index (χ0) is 13.3. The first-order valence-corrected chi connectivity index (χ1v) is 8.03. The zero-order valence-electron chi connectivity index (χ0n) is 11.9. The van der Waals surface area contributed by atoms with Crippen LogP contribution < -0.4 is 29.6 Å². The van der Waals surface area contributed by atoms with Crippen LogP contribution in [0.5, 0.6) is 0 Å². The predicted octanol–water partition coefficient (Wildman–Crippen LogP) is -0.574. The molecule has 2 atom stereocenters. The minimum absolute atomic E-state index is 0. The molecule has 0 aromatic heterocycles. The molecule has 0 aromatic carbocycles. The molecule has 0 rings (SSSR count). The maximum atomic E-state index is 11.1. The molecule has 18 heavy (non-hydrogen) atoms. The van der Waals surface area contributed by atoms with Crippen LogP contribution in [0.1, 0.15) is 65.2 Å². The number of hydrogen-bond acceptors (Lipinski definition) is 4. The molecule has 0 spiro atoms. The second kappa shape index (κ2) is 11.7. The van der Waals surface area contributed by atoms with Crippen molar-refractivity contribution in [2.24, 2.45) is 0 Å². The van der Waals surface area contributed by atoms with Crippen LogP contribution in [0.25, 0.3) is 0 Å². The average Bonchev–Trinajstić information content (AvgIpc) is 2.23. The Hall–Kier alpha value is 0.870. The van der Waals surface area contributed by atoms with E-state index in [4.69, 9.17) is 0 Å². The molecule has 6 heteroatoms. The van der Waals surface area contributed by atoms with Gasteiger partial charge >= 0.3 is 29.6 Å². The first kappa shape index (κ1) is 21.2. The number of hydrogen-bond donors (Lipinski definition) is 1. The maximum absolute atomic E-state index is 11.1. The Morgan fingerprint density at radius 2 is 1.44 bits per heavy atom. The van der Waals surface area contributed by atoms with Gasteiger partial charge in [-0.15, -0.1) is 0 Å². The van der Waals surface area contributed by atoms with Gasteiger partial charge in [0.25, 0.3) is 0 Å². The van der Waals surface area contributed by atoms with Gasteiger partial charge in [0.1, 0.15) is 10.1 Å². The van der Waals surface area contributed by atoms with Crippen LogP contribution in [0.4, 0.5) is 0 Å². The van der Waals surface area contributed by atoms with Crippen LogP contribution in [0.2, 0.25) is 0 Å². The van der Waals surface area contributed by atoms with E-state index in [1.165, 1.54) is 0 Å². The molecule has 0 aromatic rings. The van der Waals surface area contributed by atoms with Crippen molar-refractivity contribution in [1.29, 1.82) is 0 Å². The van der Waals surface area contributed by atoms with E-state index in [1.807, 2.05) is 13.8 Å². The molecule has 0 saturated heterocycles. The zero-order valence-corrected chi connectivity index (χ0v) is 14.7. The van der Waals surface area contributed by atoms with E-state index in [0.29, 0.717) is 12.8 Å². The predicted molar refractivity (Wildman–Crippen MR) is 67.8 cm³/mol. The van der Waals surface area contributed by atoms with E-state index in [1.54, 1.807) is 0 Å². The van der Waals surface area contributed by atoms with Gasteiger partial charge in [-0.3, -0.25) is 0 Å². The summed E-state index contributed by atoms with van der Waals surface area (Å²) >= 11 is 0. The largest absolute Gasteiger partial charge is 1.00 e. The van der Waals surface area contributed by atoms with Crippen molar-refractivity contribution in [2.45, 2.75) is 76.6 Å². The quantitative estimate of drug-likeness (QED) is 0.332. The molecule has 0 heterocycles. The van der Waals surface area contributed by atoms with Crippen molar-refractivity contribution < 1.29 is 47.6 Å². The standard InChI is InChI=1S/C12H26O4S.Na/c1-3-5-7-9-11(13)12(17(14,15)16)10-8-6-4-2;/h11-13H,3-10H2,1-2H3,(H,14,15,16);/q;+1/p-1. The van der Waals surface area contributed by atoms with Crippen LogP contribution in [0.3, 0.4) is 0 Å². The maximum Gasteiger partial charge on any atom is 1.00 e. The van der Waals surface area contributed by atoms with E-state index in [9.17, 15) is 18.1 Å². The monoisotopic (exact) mass is 288 g/mol. The summed E-state index contributed by atoms with van der Waals surface area (Å²) in [6.07, 6.45) is 4.99. The Morgan fingerprint density at radius 3 is 1.83 bits per heavy atom. The summed E-state index contributed by atoms with van der Waals surface area (Å²) < 4.78 is 33.3. The number of unbranched alkanes of at least 4 members (excludes halogenated alkanes) is 4. The molecule has 0 radical (unpaired) electrons. The average molecular weight is 288 g/mol. The third kappa shape index (κ3) is 9.75. The Kier molecular flexibility index (Phi) is 13.7. The number of aliphatic hydroxyl groups excluding tert-OH is 1.